The van der Waals surface area contributed by atoms with Crippen LogP contribution in [0.15, 0.2) is 48.5 Å². The summed E-state index contributed by atoms with van der Waals surface area (Å²) in [5.74, 6) is 1.26. The van der Waals surface area contributed by atoms with Crippen molar-refractivity contribution in [2.24, 2.45) is 5.92 Å². The largest absolute Gasteiger partial charge is 0.317 e. The lowest BCUT2D eigenvalue weighted by atomic mass is 9.91. The number of fused-ring (bicyclic) bond motifs is 2. The van der Waals surface area contributed by atoms with E-state index in [0.717, 1.165) is 36.4 Å². The van der Waals surface area contributed by atoms with Crippen molar-refractivity contribution in [3.8, 4) is 11.4 Å². The fraction of sp³-hybridized carbons (Fsp3) is 0.429. The van der Waals surface area contributed by atoms with Gasteiger partial charge in [-0.25, -0.2) is 0 Å². The molecule has 3 heterocycles. The molecule has 1 aliphatic heterocycles. The number of benzene rings is 2. The summed E-state index contributed by atoms with van der Waals surface area (Å²) in [6.07, 6.45) is 7.23. The molecule has 0 unspecified atom stereocenters. The minimum Gasteiger partial charge on any atom is -0.317 e. The smallest absolute Gasteiger partial charge is 0.118 e. The lowest BCUT2D eigenvalue weighted by molar-refractivity contribution is 0.371. The van der Waals surface area contributed by atoms with Crippen molar-refractivity contribution in [3.63, 3.8) is 0 Å². The third-order valence-electron chi connectivity index (χ3n) is 7.15. The van der Waals surface area contributed by atoms with Crippen LogP contribution in [0.2, 0.25) is 0 Å². The average Bonchev–Trinajstić information content (AvgIpc) is 3.26. The summed E-state index contributed by atoms with van der Waals surface area (Å²) in [5, 5.41) is 15.2. The first-order chi connectivity index (χ1) is 15.7. The van der Waals surface area contributed by atoms with Crippen LogP contribution in [0, 0.1) is 5.92 Å². The topological polar surface area (TPSA) is 53.6 Å². The van der Waals surface area contributed by atoms with E-state index >= 15 is 0 Å². The summed E-state index contributed by atoms with van der Waals surface area (Å²) in [4.78, 5) is 5.21. The number of hydrogen-bond donors (Lipinski definition) is 2. The molecule has 4 nitrogen and oxygen atoms in total. The molecule has 1 aliphatic rings. The molecule has 4 aromatic rings. The predicted molar refractivity (Wildman–Crippen MR) is 134 cm³/mol. The van der Waals surface area contributed by atoms with Crippen molar-refractivity contribution in [2.75, 3.05) is 13.1 Å². The van der Waals surface area contributed by atoms with Crippen LogP contribution in [0.1, 0.15) is 63.1 Å². The molecule has 0 aliphatic carbocycles. The number of unbranched alkanes of at least 4 members (excludes halogenated alkanes) is 1. The Morgan fingerprint density at radius 1 is 1.03 bits per heavy atom. The highest BCUT2D eigenvalue weighted by atomic mass is 15.1. The zero-order valence-corrected chi connectivity index (χ0v) is 19.3. The Bertz CT molecular complexity index is 1200. The van der Waals surface area contributed by atoms with Gasteiger partial charge in [-0.05, 0) is 79.8 Å². The predicted octanol–water partition coefficient (Wildman–Crippen LogP) is 6.61. The van der Waals surface area contributed by atoms with Gasteiger partial charge in [0.2, 0.25) is 0 Å². The monoisotopic (exact) mass is 426 g/mol. The van der Waals surface area contributed by atoms with Gasteiger partial charge in [0, 0.05) is 16.5 Å². The fourth-order valence-electron chi connectivity index (χ4n) is 5.12. The van der Waals surface area contributed by atoms with Crippen LogP contribution in [0.25, 0.3) is 33.1 Å². The quantitative estimate of drug-likeness (QED) is 0.349. The molecular formula is C28H34N4. The molecule has 2 aromatic heterocycles. The number of aromatic nitrogens is 3. The molecule has 5 rings (SSSR count). The van der Waals surface area contributed by atoms with Crippen LogP contribution >= 0.6 is 0 Å². The minimum atomic E-state index is 0.558. The minimum absolute atomic E-state index is 0.558. The molecular weight excluding hydrogens is 392 g/mol. The molecule has 1 saturated heterocycles. The first kappa shape index (κ1) is 21.1. The van der Waals surface area contributed by atoms with Crippen molar-refractivity contribution in [3.05, 3.63) is 59.8 Å². The molecule has 32 heavy (non-hydrogen) atoms. The Labute approximate surface area is 190 Å². The first-order valence-corrected chi connectivity index (χ1v) is 12.3. The normalized spacial score (nSPS) is 16.1. The molecule has 0 bridgehead atoms. The van der Waals surface area contributed by atoms with Crippen molar-refractivity contribution >= 4 is 21.7 Å². The van der Waals surface area contributed by atoms with E-state index in [9.17, 15) is 0 Å². The summed E-state index contributed by atoms with van der Waals surface area (Å²) in [6, 6.07) is 17.7. The van der Waals surface area contributed by atoms with Gasteiger partial charge < -0.3 is 5.32 Å². The lowest BCUT2D eigenvalue weighted by Gasteiger charge is -2.23. The highest BCUT2D eigenvalue weighted by Crippen LogP contribution is 2.33. The van der Waals surface area contributed by atoms with Gasteiger partial charge in [0.05, 0.1) is 11.2 Å². The highest BCUT2D eigenvalue weighted by molar-refractivity contribution is 5.95. The second-order valence-electron chi connectivity index (χ2n) is 9.49. The van der Waals surface area contributed by atoms with Crippen LogP contribution in [0.4, 0.5) is 0 Å². The zero-order valence-electron chi connectivity index (χ0n) is 19.3. The van der Waals surface area contributed by atoms with E-state index in [2.05, 4.69) is 72.8 Å². The second kappa shape index (κ2) is 9.41. The fourth-order valence-corrected chi connectivity index (χ4v) is 5.12. The van der Waals surface area contributed by atoms with Gasteiger partial charge in [-0.1, -0.05) is 57.0 Å². The molecule has 166 valence electrons. The molecule has 2 N–H and O–H groups in total. The van der Waals surface area contributed by atoms with Gasteiger partial charge in [-0.15, -0.1) is 0 Å². The number of pyridine rings is 1. The van der Waals surface area contributed by atoms with E-state index in [0.29, 0.717) is 11.8 Å². The van der Waals surface area contributed by atoms with Gasteiger partial charge >= 0.3 is 0 Å². The summed E-state index contributed by atoms with van der Waals surface area (Å²) < 4.78 is 0. The Balaban J connectivity index is 1.56. The maximum atomic E-state index is 5.21. The number of nitrogens with zero attached hydrogens (tertiary/aromatic N) is 2. The Morgan fingerprint density at radius 2 is 1.88 bits per heavy atom. The van der Waals surface area contributed by atoms with Gasteiger partial charge in [-0.3, -0.25) is 10.1 Å². The van der Waals surface area contributed by atoms with E-state index in [1.165, 1.54) is 59.5 Å². The van der Waals surface area contributed by atoms with Crippen LogP contribution in [0.3, 0.4) is 0 Å². The van der Waals surface area contributed by atoms with E-state index in [1.807, 2.05) is 0 Å². The third kappa shape index (κ3) is 4.29. The van der Waals surface area contributed by atoms with Gasteiger partial charge in [0.25, 0.3) is 0 Å². The Hall–Kier alpha value is -2.72. The number of hydrogen-bond acceptors (Lipinski definition) is 3. The van der Waals surface area contributed by atoms with Crippen molar-refractivity contribution in [1.29, 1.82) is 0 Å². The zero-order chi connectivity index (χ0) is 21.9. The Morgan fingerprint density at radius 3 is 2.72 bits per heavy atom. The third-order valence-corrected chi connectivity index (χ3v) is 7.15. The molecule has 2 aromatic carbocycles. The van der Waals surface area contributed by atoms with Crippen LogP contribution in [-0.2, 0) is 6.42 Å². The standard InChI is InChI=1S/C28H34N4/c1-3-4-7-19(2)21-10-11-25-24(17-21)28(32-31-25)27-18-22-8-5-6-9-23(22)26(30-27)16-20-12-14-29-15-13-20/h5-6,8-11,17-20,29H,3-4,7,12-16H2,1-2H3,(H,31,32)/t19-/m0/s1. The first-order valence-electron chi connectivity index (χ1n) is 12.3. The molecule has 0 saturated carbocycles. The summed E-state index contributed by atoms with van der Waals surface area (Å²) >= 11 is 0. The van der Waals surface area contributed by atoms with Gasteiger partial charge in [0.15, 0.2) is 0 Å². The number of nitrogens with one attached hydrogen (secondary N) is 2. The van der Waals surface area contributed by atoms with Crippen LogP contribution in [0.5, 0.6) is 0 Å². The highest BCUT2D eigenvalue weighted by Gasteiger charge is 2.19. The molecule has 0 radical (unpaired) electrons. The van der Waals surface area contributed by atoms with Gasteiger partial charge in [0.1, 0.15) is 5.69 Å². The summed E-state index contributed by atoms with van der Waals surface area (Å²) in [7, 11) is 0. The number of aromatic amines is 1. The molecule has 0 spiro atoms. The van der Waals surface area contributed by atoms with E-state index in [-0.39, 0.29) is 0 Å². The SMILES string of the molecule is CCCC[C@H](C)c1ccc2[nH]nc(-c3cc4ccccc4c(CC4CCNCC4)n3)c2c1. The average molecular weight is 427 g/mol. The Kier molecular flexibility index (Phi) is 6.22. The number of rotatable bonds is 7. The summed E-state index contributed by atoms with van der Waals surface area (Å²) in [5.41, 5.74) is 5.65. The van der Waals surface area contributed by atoms with Crippen LogP contribution in [-0.4, -0.2) is 28.3 Å². The molecule has 0 amide bonds. The molecule has 4 heteroatoms. The lowest BCUT2D eigenvalue weighted by Crippen LogP contribution is -2.28. The van der Waals surface area contributed by atoms with Crippen molar-refractivity contribution in [1.82, 2.24) is 20.5 Å². The van der Waals surface area contributed by atoms with E-state index < -0.39 is 0 Å². The van der Waals surface area contributed by atoms with E-state index in [4.69, 9.17) is 10.1 Å². The van der Waals surface area contributed by atoms with E-state index in [1.54, 1.807) is 0 Å². The molecule has 1 atom stereocenters. The summed E-state index contributed by atoms with van der Waals surface area (Å²) in [6.45, 7) is 6.83. The number of H-pyrrole nitrogens is 1. The number of piperidine rings is 1. The van der Waals surface area contributed by atoms with Gasteiger partial charge in [-0.2, -0.15) is 5.10 Å². The maximum Gasteiger partial charge on any atom is 0.118 e. The van der Waals surface area contributed by atoms with Crippen molar-refractivity contribution in [2.45, 2.75) is 58.3 Å². The maximum absolute atomic E-state index is 5.21. The van der Waals surface area contributed by atoms with Crippen LogP contribution < -0.4 is 5.32 Å². The van der Waals surface area contributed by atoms with Crippen molar-refractivity contribution < 1.29 is 0 Å². The molecule has 1 fully saturated rings. The second-order valence-corrected chi connectivity index (χ2v) is 9.49.